The number of nitrogens with one attached hydrogen (secondary N) is 1. The summed E-state index contributed by atoms with van der Waals surface area (Å²) < 4.78 is 13.4. The van der Waals surface area contributed by atoms with E-state index in [0.717, 1.165) is 0 Å². The summed E-state index contributed by atoms with van der Waals surface area (Å²) in [5.74, 6) is -0.543. The molecule has 0 spiro atoms. The third-order valence-corrected chi connectivity index (χ3v) is 3.25. The maximum absolute atomic E-state index is 13.4. The van der Waals surface area contributed by atoms with Gasteiger partial charge >= 0.3 is 0 Å². The summed E-state index contributed by atoms with van der Waals surface area (Å²) in [5, 5.41) is 21.9. The van der Waals surface area contributed by atoms with Gasteiger partial charge in [-0.1, -0.05) is 23.2 Å². The van der Waals surface area contributed by atoms with Gasteiger partial charge in [0.2, 0.25) is 0 Å². The average Bonchev–Trinajstić information content (AvgIpc) is 2.31. The molecule has 0 saturated carbocycles. The second-order valence-electron chi connectivity index (χ2n) is 4.55. The molecule has 6 heteroatoms. The van der Waals surface area contributed by atoms with Gasteiger partial charge in [-0.15, -0.1) is 0 Å². The van der Waals surface area contributed by atoms with Gasteiger partial charge in [0.05, 0.1) is 17.2 Å². The predicted molar refractivity (Wildman–Crippen MR) is 70.5 cm³/mol. The quantitative estimate of drug-likeness (QED) is 0.732. The zero-order valence-electron chi connectivity index (χ0n) is 10.2. The second kappa shape index (κ2) is 6.17. The Bertz CT molecular complexity index is 427. The maximum Gasteiger partial charge on any atom is 0.142 e. The molecule has 0 amide bonds. The molecule has 0 saturated heterocycles. The lowest BCUT2D eigenvalue weighted by Gasteiger charge is -2.24. The highest BCUT2D eigenvalue weighted by molar-refractivity contribution is 6.35. The van der Waals surface area contributed by atoms with Crippen LogP contribution in [0.25, 0.3) is 0 Å². The van der Waals surface area contributed by atoms with Crippen molar-refractivity contribution < 1.29 is 14.6 Å². The lowest BCUT2D eigenvalue weighted by molar-refractivity contribution is 0.00106. The van der Waals surface area contributed by atoms with Crippen LogP contribution in [0.2, 0.25) is 10.0 Å². The van der Waals surface area contributed by atoms with E-state index in [2.05, 4.69) is 5.32 Å². The normalized spacial score (nSPS) is 16.4. The number of aliphatic hydroxyl groups is 2. The van der Waals surface area contributed by atoms with Gasteiger partial charge in [-0.25, -0.2) is 4.39 Å². The molecule has 102 valence electrons. The fraction of sp³-hybridized carbons (Fsp3) is 0.500. The Morgan fingerprint density at radius 2 is 2.00 bits per heavy atom. The number of aliphatic hydroxyl groups excluding tert-OH is 1. The maximum atomic E-state index is 13.4. The number of benzene rings is 1. The van der Waals surface area contributed by atoms with Crippen LogP contribution in [0, 0.1) is 5.82 Å². The van der Waals surface area contributed by atoms with Gasteiger partial charge in [0.25, 0.3) is 0 Å². The summed E-state index contributed by atoms with van der Waals surface area (Å²) in [6.07, 6.45) is 0. The van der Waals surface area contributed by atoms with Gasteiger partial charge in [-0.05, 0) is 31.5 Å². The summed E-state index contributed by atoms with van der Waals surface area (Å²) in [6, 6.07) is 2.33. The summed E-state index contributed by atoms with van der Waals surface area (Å²) in [7, 11) is 0. The summed E-state index contributed by atoms with van der Waals surface area (Å²) in [4.78, 5) is 0. The minimum absolute atomic E-state index is 0.0293. The Hall–Kier alpha value is -0.390. The molecular formula is C12H16Cl2FNO2. The lowest BCUT2D eigenvalue weighted by atomic mass is 10.1. The number of hydrogen-bond acceptors (Lipinski definition) is 3. The summed E-state index contributed by atoms with van der Waals surface area (Å²) >= 11 is 11.6. The Balaban J connectivity index is 2.79. The summed E-state index contributed by atoms with van der Waals surface area (Å²) in [5.41, 5.74) is -0.682. The van der Waals surface area contributed by atoms with Crippen LogP contribution in [0.15, 0.2) is 12.1 Å². The molecular weight excluding hydrogens is 280 g/mol. The zero-order chi connectivity index (χ0) is 13.9. The van der Waals surface area contributed by atoms with E-state index in [9.17, 15) is 9.50 Å². The van der Waals surface area contributed by atoms with Gasteiger partial charge in [-0.2, -0.15) is 0 Å². The fourth-order valence-corrected chi connectivity index (χ4v) is 1.96. The highest BCUT2D eigenvalue weighted by Crippen LogP contribution is 2.28. The van der Waals surface area contributed by atoms with Crippen molar-refractivity contribution in [1.82, 2.24) is 5.32 Å². The molecule has 0 radical (unpaired) electrons. The third kappa shape index (κ3) is 4.07. The Labute approximate surface area is 116 Å². The van der Waals surface area contributed by atoms with Crippen LogP contribution in [0.4, 0.5) is 4.39 Å². The fourth-order valence-electron chi connectivity index (χ4n) is 1.41. The van der Waals surface area contributed by atoms with Gasteiger partial charge in [0.15, 0.2) is 0 Å². The van der Waals surface area contributed by atoms with E-state index in [1.165, 1.54) is 19.1 Å². The predicted octanol–water partition coefficient (Wildman–Crippen LogP) is 2.53. The van der Waals surface area contributed by atoms with Crippen LogP contribution in [0.3, 0.4) is 0 Å². The minimum atomic E-state index is -1.23. The molecule has 0 aliphatic heterocycles. The van der Waals surface area contributed by atoms with Crippen molar-refractivity contribution in [2.24, 2.45) is 0 Å². The molecule has 1 aromatic carbocycles. The van der Waals surface area contributed by atoms with Crippen LogP contribution in [-0.2, 0) is 0 Å². The molecule has 0 aromatic heterocycles. The monoisotopic (exact) mass is 295 g/mol. The molecule has 0 heterocycles. The first kappa shape index (κ1) is 15.7. The molecule has 1 aromatic rings. The van der Waals surface area contributed by atoms with Crippen LogP contribution in [-0.4, -0.2) is 29.0 Å². The number of halogens is 3. The number of hydrogen-bond donors (Lipinski definition) is 3. The molecule has 0 bridgehead atoms. The minimum Gasteiger partial charge on any atom is -0.393 e. The SMILES string of the molecule is CC(NCC(C)(O)CO)c1cc(F)c(Cl)cc1Cl. The van der Waals surface area contributed by atoms with E-state index in [0.29, 0.717) is 10.6 Å². The molecule has 1 rings (SSSR count). The van der Waals surface area contributed by atoms with Crippen LogP contribution >= 0.6 is 23.2 Å². The molecule has 3 N–H and O–H groups in total. The molecule has 0 aliphatic carbocycles. The smallest absolute Gasteiger partial charge is 0.142 e. The summed E-state index contributed by atoms with van der Waals surface area (Å²) in [6.45, 7) is 3.07. The van der Waals surface area contributed by atoms with E-state index < -0.39 is 11.4 Å². The first-order valence-corrected chi connectivity index (χ1v) is 6.23. The lowest BCUT2D eigenvalue weighted by Crippen LogP contribution is -2.41. The first-order chi connectivity index (χ1) is 8.26. The third-order valence-electron chi connectivity index (χ3n) is 2.64. The van der Waals surface area contributed by atoms with E-state index in [1.807, 2.05) is 0 Å². The molecule has 2 atom stereocenters. The van der Waals surface area contributed by atoms with E-state index in [4.69, 9.17) is 28.3 Å². The van der Waals surface area contributed by atoms with Crippen molar-refractivity contribution in [3.63, 3.8) is 0 Å². The molecule has 0 fully saturated rings. The van der Waals surface area contributed by atoms with E-state index in [1.54, 1.807) is 6.92 Å². The van der Waals surface area contributed by atoms with Crippen molar-refractivity contribution in [3.8, 4) is 0 Å². The highest BCUT2D eigenvalue weighted by atomic mass is 35.5. The molecule has 2 unspecified atom stereocenters. The average molecular weight is 296 g/mol. The number of rotatable bonds is 5. The van der Waals surface area contributed by atoms with Crippen molar-refractivity contribution in [2.75, 3.05) is 13.2 Å². The van der Waals surface area contributed by atoms with Crippen LogP contribution in [0.5, 0.6) is 0 Å². The Morgan fingerprint density at radius 3 is 2.56 bits per heavy atom. The molecule has 3 nitrogen and oxygen atoms in total. The van der Waals surface area contributed by atoms with E-state index in [-0.39, 0.29) is 24.2 Å². The Morgan fingerprint density at radius 1 is 1.39 bits per heavy atom. The van der Waals surface area contributed by atoms with Crippen molar-refractivity contribution in [3.05, 3.63) is 33.6 Å². The second-order valence-corrected chi connectivity index (χ2v) is 5.36. The van der Waals surface area contributed by atoms with Crippen LogP contribution < -0.4 is 5.32 Å². The van der Waals surface area contributed by atoms with Gasteiger partial charge in [0.1, 0.15) is 5.82 Å². The van der Waals surface area contributed by atoms with E-state index >= 15 is 0 Å². The topological polar surface area (TPSA) is 52.5 Å². The highest BCUT2D eigenvalue weighted by Gasteiger charge is 2.21. The molecule has 18 heavy (non-hydrogen) atoms. The van der Waals surface area contributed by atoms with Crippen molar-refractivity contribution >= 4 is 23.2 Å². The Kier molecular flexibility index (Phi) is 5.37. The van der Waals surface area contributed by atoms with Crippen molar-refractivity contribution in [2.45, 2.75) is 25.5 Å². The standard InChI is InChI=1S/C12H16Cl2FNO2/c1-7(16-5-12(2,18)6-17)8-3-11(15)10(14)4-9(8)13/h3-4,7,16-18H,5-6H2,1-2H3. The zero-order valence-corrected chi connectivity index (χ0v) is 11.7. The van der Waals surface area contributed by atoms with Crippen molar-refractivity contribution in [1.29, 1.82) is 0 Å². The first-order valence-electron chi connectivity index (χ1n) is 5.48. The largest absolute Gasteiger partial charge is 0.393 e. The van der Waals surface area contributed by atoms with Gasteiger partial charge < -0.3 is 15.5 Å². The van der Waals surface area contributed by atoms with Crippen LogP contribution in [0.1, 0.15) is 25.5 Å². The molecule has 0 aliphatic rings. The van der Waals surface area contributed by atoms with Gasteiger partial charge in [0, 0.05) is 17.6 Å². The van der Waals surface area contributed by atoms with Gasteiger partial charge in [-0.3, -0.25) is 0 Å².